The topological polar surface area (TPSA) is 41.6 Å². The van der Waals surface area contributed by atoms with Gasteiger partial charge >= 0.3 is 0 Å². The van der Waals surface area contributed by atoms with E-state index >= 15 is 0 Å². The van der Waals surface area contributed by atoms with Crippen molar-refractivity contribution in [3.8, 4) is 0 Å². The third-order valence-corrected chi connectivity index (χ3v) is 4.11. The Morgan fingerprint density at radius 3 is 2.67 bits per heavy atom. The summed E-state index contributed by atoms with van der Waals surface area (Å²) < 4.78 is 15.0. The van der Waals surface area contributed by atoms with Crippen LogP contribution in [0, 0.1) is 12.7 Å². The Labute approximate surface area is 131 Å². The number of anilines is 1. The zero-order valence-corrected chi connectivity index (χ0v) is 13.1. The average molecular weight is 348 g/mol. The number of guanidine groups is 1. The number of rotatable bonds is 2. The van der Waals surface area contributed by atoms with Crippen LogP contribution in [0.3, 0.4) is 0 Å². The molecule has 0 bridgehead atoms. The first-order valence-corrected chi connectivity index (χ1v) is 7.46. The fourth-order valence-electron chi connectivity index (χ4n) is 2.52. The lowest BCUT2D eigenvalue weighted by Gasteiger charge is -2.27. The molecule has 0 radical (unpaired) electrons. The smallest absolute Gasteiger partial charge is 0.196 e. The van der Waals surface area contributed by atoms with Gasteiger partial charge in [0.25, 0.3) is 0 Å². The third kappa shape index (κ3) is 2.65. The lowest BCUT2D eigenvalue weighted by Crippen LogP contribution is -2.36. The fourth-order valence-corrected chi connectivity index (χ4v) is 2.90. The van der Waals surface area contributed by atoms with E-state index < -0.39 is 0 Å². The second-order valence-electron chi connectivity index (χ2n) is 5.09. The van der Waals surface area contributed by atoms with E-state index in [1.54, 1.807) is 12.1 Å². The molecule has 2 N–H and O–H groups in total. The number of hydrogen-bond acceptors (Lipinski definition) is 3. The number of benzene rings is 2. The first-order chi connectivity index (χ1) is 10.1. The highest BCUT2D eigenvalue weighted by atomic mass is 79.9. The van der Waals surface area contributed by atoms with Crippen molar-refractivity contribution in [2.24, 2.45) is 10.7 Å². The maximum Gasteiger partial charge on any atom is 0.196 e. The Balaban J connectivity index is 2.02. The molecule has 1 unspecified atom stereocenters. The predicted octanol–water partition coefficient (Wildman–Crippen LogP) is 3.77. The van der Waals surface area contributed by atoms with Crippen LogP contribution in [0.25, 0.3) is 0 Å². The molecule has 21 heavy (non-hydrogen) atoms. The standard InChI is InChI=1S/C16H15BrFN3/c1-10-2-5-12(6-3-10)21-15(9-20-16(21)19)13-8-11(17)4-7-14(13)18/h2-8,15H,9H2,1H3,(H2,19,20). The summed E-state index contributed by atoms with van der Waals surface area (Å²) in [7, 11) is 0. The molecule has 0 spiro atoms. The molecule has 1 aliphatic heterocycles. The van der Waals surface area contributed by atoms with Gasteiger partial charge < -0.3 is 10.6 Å². The van der Waals surface area contributed by atoms with Crippen LogP contribution in [0.4, 0.5) is 10.1 Å². The Hall–Kier alpha value is -1.88. The molecule has 1 aliphatic rings. The predicted molar refractivity (Wildman–Crippen MR) is 87.0 cm³/mol. The van der Waals surface area contributed by atoms with Gasteiger partial charge in [0.2, 0.25) is 0 Å². The molecule has 0 fully saturated rings. The molecule has 3 rings (SSSR count). The van der Waals surface area contributed by atoms with E-state index in [9.17, 15) is 4.39 Å². The highest BCUT2D eigenvalue weighted by Gasteiger charge is 2.30. The molecule has 0 saturated heterocycles. The molecule has 2 aromatic carbocycles. The van der Waals surface area contributed by atoms with Crippen LogP contribution in [0.15, 0.2) is 51.9 Å². The summed E-state index contributed by atoms with van der Waals surface area (Å²) in [6.07, 6.45) is 0. The lowest BCUT2D eigenvalue weighted by molar-refractivity contribution is 0.589. The van der Waals surface area contributed by atoms with E-state index in [0.29, 0.717) is 18.1 Å². The Morgan fingerprint density at radius 1 is 1.24 bits per heavy atom. The van der Waals surface area contributed by atoms with Gasteiger partial charge in [0, 0.05) is 15.7 Å². The molecular formula is C16H15BrFN3. The van der Waals surface area contributed by atoms with Crippen LogP contribution in [0.1, 0.15) is 17.2 Å². The second kappa shape index (κ2) is 5.48. The van der Waals surface area contributed by atoms with E-state index in [-0.39, 0.29) is 11.9 Å². The summed E-state index contributed by atoms with van der Waals surface area (Å²) in [5.74, 6) is 0.174. The second-order valence-corrected chi connectivity index (χ2v) is 6.00. The maximum absolute atomic E-state index is 14.2. The van der Waals surface area contributed by atoms with Crippen LogP contribution < -0.4 is 10.6 Å². The summed E-state index contributed by atoms with van der Waals surface area (Å²) in [5.41, 5.74) is 8.68. The van der Waals surface area contributed by atoms with Gasteiger partial charge in [-0.15, -0.1) is 0 Å². The summed E-state index contributed by atoms with van der Waals surface area (Å²) in [6, 6.07) is 12.7. The van der Waals surface area contributed by atoms with Crippen molar-refractivity contribution in [1.29, 1.82) is 0 Å². The van der Waals surface area contributed by atoms with Crippen LogP contribution in [-0.4, -0.2) is 12.5 Å². The minimum absolute atomic E-state index is 0.217. The molecule has 108 valence electrons. The van der Waals surface area contributed by atoms with Gasteiger partial charge in [0.1, 0.15) is 5.82 Å². The van der Waals surface area contributed by atoms with E-state index in [4.69, 9.17) is 5.73 Å². The van der Waals surface area contributed by atoms with Gasteiger partial charge in [0.05, 0.1) is 12.6 Å². The molecule has 3 nitrogen and oxygen atoms in total. The molecule has 0 saturated carbocycles. The minimum Gasteiger partial charge on any atom is -0.369 e. The maximum atomic E-state index is 14.2. The zero-order chi connectivity index (χ0) is 15.0. The van der Waals surface area contributed by atoms with E-state index in [0.717, 1.165) is 10.2 Å². The summed E-state index contributed by atoms with van der Waals surface area (Å²) >= 11 is 3.39. The van der Waals surface area contributed by atoms with Crippen LogP contribution >= 0.6 is 15.9 Å². The highest BCUT2D eigenvalue weighted by Crippen LogP contribution is 2.33. The van der Waals surface area contributed by atoms with Crippen molar-refractivity contribution in [1.82, 2.24) is 0 Å². The average Bonchev–Trinajstić information content (AvgIpc) is 2.84. The van der Waals surface area contributed by atoms with Crippen LogP contribution in [-0.2, 0) is 0 Å². The van der Waals surface area contributed by atoms with Gasteiger partial charge in [-0.05, 0) is 37.3 Å². The van der Waals surface area contributed by atoms with Gasteiger partial charge in [-0.1, -0.05) is 33.6 Å². The first-order valence-electron chi connectivity index (χ1n) is 6.67. The van der Waals surface area contributed by atoms with Crippen LogP contribution in [0.2, 0.25) is 0 Å². The number of aryl methyl sites for hydroxylation is 1. The Kier molecular flexibility index (Phi) is 3.68. The van der Waals surface area contributed by atoms with E-state index in [1.807, 2.05) is 36.1 Å². The minimum atomic E-state index is -0.245. The van der Waals surface area contributed by atoms with E-state index in [2.05, 4.69) is 20.9 Å². The monoisotopic (exact) mass is 347 g/mol. The number of aliphatic imine (C=N–C) groups is 1. The largest absolute Gasteiger partial charge is 0.369 e. The Morgan fingerprint density at radius 2 is 1.95 bits per heavy atom. The number of halogens is 2. The normalized spacial score (nSPS) is 18.0. The Bertz CT molecular complexity index is 697. The first kappa shape index (κ1) is 14.1. The number of hydrogen-bond donors (Lipinski definition) is 1. The molecule has 0 aliphatic carbocycles. The number of nitrogens with zero attached hydrogens (tertiary/aromatic N) is 2. The highest BCUT2D eigenvalue weighted by molar-refractivity contribution is 9.10. The summed E-state index contributed by atoms with van der Waals surface area (Å²) in [6.45, 7) is 2.48. The number of nitrogens with two attached hydrogens (primary N) is 1. The molecule has 2 aromatic rings. The van der Waals surface area contributed by atoms with Crippen molar-refractivity contribution in [3.05, 3.63) is 63.9 Å². The molecule has 1 atom stereocenters. The van der Waals surface area contributed by atoms with Crippen molar-refractivity contribution < 1.29 is 4.39 Å². The van der Waals surface area contributed by atoms with Crippen molar-refractivity contribution >= 4 is 27.6 Å². The van der Waals surface area contributed by atoms with Gasteiger partial charge in [-0.3, -0.25) is 4.99 Å². The molecule has 0 amide bonds. The zero-order valence-electron chi connectivity index (χ0n) is 11.6. The van der Waals surface area contributed by atoms with Crippen molar-refractivity contribution in [2.45, 2.75) is 13.0 Å². The van der Waals surface area contributed by atoms with Crippen LogP contribution in [0.5, 0.6) is 0 Å². The third-order valence-electron chi connectivity index (χ3n) is 3.61. The van der Waals surface area contributed by atoms with E-state index in [1.165, 1.54) is 11.6 Å². The summed E-state index contributed by atoms with van der Waals surface area (Å²) in [4.78, 5) is 6.16. The lowest BCUT2D eigenvalue weighted by atomic mass is 10.0. The van der Waals surface area contributed by atoms with Gasteiger partial charge in [0.15, 0.2) is 5.96 Å². The molecule has 5 heteroatoms. The molecular weight excluding hydrogens is 333 g/mol. The summed E-state index contributed by atoms with van der Waals surface area (Å²) in [5, 5.41) is 0. The van der Waals surface area contributed by atoms with Gasteiger partial charge in [-0.2, -0.15) is 0 Å². The molecule has 1 heterocycles. The SMILES string of the molecule is Cc1ccc(N2C(N)=NCC2c2cc(Br)ccc2F)cc1. The fraction of sp³-hybridized carbons (Fsp3) is 0.188. The molecule has 0 aromatic heterocycles. The van der Waals surface area contributed by atoms with Gasteiger partial charge in [-0.25, -0.2) is 4.39 Å². The van der Waals surface area contributed by atoms with Crippen molar-refractivity contribution in [3.63, 3.8) is 0 Å². The van der Waals surface area contributed by atoms with Crippen molar-refractivity contribution in [2.75, 3.05) is 11.4 Å². The quantitative estimate of drug-likeness (QED) is 0.898.